The number of likely N-dealkylation sites (N-methyl/N-ethyl adjacent to an activating group) is 1. The summed E-state index contributed by atoms with van der Waals surface area (Å²) in [4.78, 5) is 14.9. The number of urea groups is 1. The number of rotatable bonds is 4. The molecule has 0 radical (unpaired) electrons. The first-order valence-corrected chi connectivity index (χ1v) is 6.93. The van der Waals surface area contributed by atoms with E-state index < -0.39 is 0 Å². The average Bonchev–Trinajstić information content (AvgIpc) is 2.91. The lowest BCUT2D eigenvalue weighted by Crippen LogP contribution is -2.32. The highest BCUT2D eigenvalue weighted by Gasteiger charge is 2.08. The third-order valence-corrected chi connectivity index (χ3v) is 3.72. The van der Waals surface area contributed by atoms with Gasteiger partial charge in [-0.3, -0.25) is 0 Å². The van der Waals surface area contributed by atoms with E-state index in [4.69, 9.17) is 5.73 Å². The van der Waals surface area contributed by atoms with Crippen LogP contribution in [0.15, 0.2) is 41.8 Å². The van der Waals surface area contributed by atoms with Gasteiger partial charge in [0.25, 0.3) is 0 Å². The lowest BCUT2D eigenvalue weighted by Gasteiger charge is -2.17. The number of carbonyl (C=O) groups is 1. The molecule has 0 unspecified atom stereocenters. The number of nitrogens with two attached hydrogens (primary N) is 1. The number of nitrogen functional groups attached to an aromatic ring is 1. The smallest absolute Gasteiger partial charge is 0.321 e. The normalized spacial score (nSPS) is 10.2. The Hall–Kier alpha value is -2.01. The second kappa shape index (κ2) is 6.24. The quantitative estimate of drug-likeness (QED) is 0.843. The van der Waals surface area contributed by atoms with E-state index in [-0.39, 0.29) is 6.03 Å². The first-order chi connectivity index (χ1) is 9.15. The molecule has 0 spiro atoms. The molecule has 19 heavy (non-hydrogen) atoms. The minimum atomic E-state index is -0.110. The standard InChI is InChI=1S/C14H17N3OS/c1-17(9-8-13-3-2-10-19-13)14(18)16-12-6-4-11(15)5-7-12/h2-7,10H,8-9,15H2,1H3,(H,16,18). The van der Waals surface area contributed by atoms with Crippen molar-refractivity contribution in [2.24, 2.45) is 0 Å². The molecule has 4 nitrogen and oxygen atoms in total. The summed E-state index contributed by atoms with van der Waals surface area (Å²) in [5.41, 5.74) is 7.03. The van der Waals surface area contributed by atoms with E-state index in [0.29, 0.717) is 12.2 Å². The molecule has 0 aliphatic rings. The molecule has 100 valence electrons. The van der Waals surface area contributed by atoms with Gasteiger partial charge in [-0.05, 0) is 42.1 Å². The molecule has 1 aromatic carbocycles. The number of amides is 2. The lowest BCUT2D eigenvalue weighted by atomic mass is 10.3. The maximum Gasteiger partial charge on any atom is 0.321 e. The Kier molecular flexibility index (Phi) is 4.41. The van der Waals surface area contributed by atoms with Crippen LogP contribution in [0.5, 0.6) is 0 Å². The minimum Gasteiger partial charge on any atom is -0.399 e. The molecule has 0 atom stereocenters. The van der Waals surface area contributed by atoms with Crippen LogP contribution in [0.1, 0.15) is 4.88 Å². The van der Waals surface area contributed by atoms with Gasteiger partial charge in [0.15, 0.2) is 0 Å². The Labute approximate surface area is 116 Å². The second-order valence-corrected chi connectivity index (χ2v) is 5.34. The molecular formula is C14H17N3OS. The number of hydrogen-bond acceptors (Lipinski definition) is 3. The molecule has 5 heteroatoms. The maximum atomic E-state index is 11.9. The fourth-order valence-corrected chi connectivity index (χ4v) is 2.32. The molecule has 0 aliphatic heterocycles. The van der Waals surface area contributed by atoms with Gasteiger partial charge in [0.05, 0.1) is 0 Å². The molecule has 0 saturated carbocycles. The van der Waals surface area contributed by atoms with Gasteiger partial charge in [0.2, 0.25) is 0 Å². The van der Waals surface area contributed by atoms with Gasteiger partial charge in [-0.25, -0.2) is 4.79 Å². The molecule has 1 heterocycles. The first kappa shape index (κ1) is 13.4. The van der Waals surface area contributed by atoms with E-state index in [1.807, 2.05) is 11.4 Å². The summed E-state index contributed by atoms with van der Waals surface area (Å²) in [7, 11) is 1.79. The average molecular weight is 275 g/mol. The van der Waals surface area contributed by atoms with Gasteiger partial charge in [0, 0.05) is 29.8 Å². The van der Waals surface area contributed by atoms with Crippen molar-refractivity contribution in [2.45, 2.75) is 6.42 Å². The summed E-state index contributed by atoms with van der Waals surface area (Å²) < 4.78 is 0. The van der Waals surface area contributed by atoms with Crippen LogP contribution in [0.25, 0.3) is 0 Å². The van der Waals surface area contributed by atoms with Crippen molar-refractivity contribution >= 4 is 28.7 Å². The van der Waals surface area contributed by atoms with Crippen molar-refractivity contribution in [3.05, 3.63) is 46.7 Å². The van der Waals surface area contributed by atoms with Crippen LogP contribution in [-0.4, -0.2) is 24.5 Å². The highest BCUT2D eigenvalue weighted by Crippen LogP contribution is 2.12. The maximum absolute atomic E-state index is 11.9. The van der Waals surface area contributed by atoms with Crippen LogP contribution >= 0.6 is 11.3 Å². The van der Waals surface area contributed by atoms with Gasteiger partial charge in [0.1, 0.15) is 0 Å². The molecule has 2 rings (SSSR count). The molecule has 1 aromatic heterocycles. The fourth-order valence-electron chi connectivity index (χ4n) is 1.62. The fraction of sp³-hybridized carbons (Fsp3) is 0.214. The number of carbonyl (C=O) groups excluding carboxylic acids is 1. The number of hydrogen-bond donors (Lipinski definition) is 2. The predicted molar refractivity (Wildman–Crippen MR) is 80.5 cm³/mol. The largest absolute Gasteiger partial charge is 0.399 e. The van der Waals surface area contributed by atoms with Gasteiger partial charge in [-0.15, -0.1) is 11.3 Å². The summed E-state index contributed by atoms with van der Waals surface area (Å²) in [6, 6.07) is 11.1. The van der Waals surface area contributed by atoms with Crippen LogP contribution in [0, 0.1) is 0 Å². The Morgan fingerprint density at radius 3 is 2.68 bits per heavy atom. The first-order valence-electron chi connectivity index (χ1n) is 6.05. The van der Waals surface area contributed by atoms with Crippen molar-refractivity contribution in [2.75, 3.05) is 24.6 Å². The zero-order valence-corrected chi connectivity index (χ0v) is 11.6. The molecule has 0 bridgehead atoms. The van der Waals surface area contributed by atoms with Crippen LogP contribution in [0.2, 0.25) is 0 Å². The molecular weight excluding hydrogens is 258 g/mol. The molecule has 3 N–H and O–H groups in total. The van der Waals surface area contributed by atoms with Crippen molar-refractivity contribution < 1.29 is 4.79 Å². The predicted octanol–water partition coefficient (Wildman–Crippen LogP) is 3.04. The topological polar surface area (TPSA) is 58.4 Å². The highest BCUT2D eigenvalue weighted by atomic mass is 32.1. The van der Waals surface area contributed by atoms with E-state index >= 15 is 0 Å². The Balaban J connectivity index is 1.83. The van der Waals surface area contributed by atoms with E-state index in [0.717, 1.165) is 12.1 Å². The van der Waals surface area contributed by atoms with Crippen LogP contribution in [0.3, 0.4) is 0 Å². The van der Waals surface area contributed by atoms with Crippen LogP contribution < -0.4 is 11.1 Å². The Bertz CT molecular complexity index is 522. The zero-order chi connectivity index (χ0) is 13.7. The van der Waals surface area contributed by atoms with Crippen LogP contribution in [-0.2, 0) is 6.42 Å². The molecule has 2 amide bonds. The lowest BCUT2D eigenvalue weighted by molar-refractivity contribution is 0.223. The monoisotopic (exact) mass is 275 g/mol. The van der Waals surface area contributed by atoms with Gasteiger partial charge >= 0.3 is 6.03 Å². The van der Waals surface area contributed by atoms with Crippen LogP contribution in [0.4, 0.5) is 16.2 Å². The molecule has 2 aromatic rings. The molecule has 0 fully saturated rings. The van der Waals surface area contributed by atoms with E-state index in [2.05, 4.69) is 11.4 Å². The van der Waals surface area contributed by atoms with Crippen molar-refractivity contribution in [1.29, 1.82) is 0 Å². The van der Waals surface area contributed by atoms with E-state index in [1.54, 1.807) is 47.5 Å². The number of nitrogens with one attached hydrogen (secondary N) is 1. The summed E-state index contributed by atoms with van der Waals surface area (Å²) in [6.45, 7) is 0.696. The number of thiophene rings is 1. The molecule has 0 saturated heterocycles. The minimum absolute atomic E-state index is 0.110. The summed E-state index contributed by atoms with van der Waals surface area (Å²) in [5.74, 6) is 0. The van der Waals surface area contributed by atoms with E-state index in [9.17, 15) is 4.79 Å². The SMILES string of the molecule is CN(CCc1cccs1)C(=O)Nc1ccc(N)cc1. The number of anilines is 2. The highest BCUT2D eigenvalue weighted by molar-refractivity contribution is 7.09. The third kappa shape index (κ3) is 3.99. The number of nitrogens with zero attached hydrogens (tertiary/aromatic N) is 1. The van der Waals surface area contributed by atoms with Gasteiger partial charge in [-0.2, -0.15) is 0 Å². The Morgan fingerprint density at radius 2 is 2.05 bits per heavy atom. The summed E-state index contributed by atoms with van der Waals surface area (Å²) in [5, 5.41) is 4.88. The zero-order valence-electron chi connectivity index (χ0n) is 10.8. The van der Waals surface area contributed by atoms with Crippen molar-refractivity contribution in [1.82, 2.24) is 4.90 Å². The van der Waals surface area contributed by atoms with Gasteiger partial charge in [-0.1, -0.05) is 6.07 Å². The summed E-state index contributed by atoms with van der Waals surface area (Å²) in [6.07, 6.45) is 0.878. The van der Waals surface area contributed by atoms with E-state index in [1.165, 1.54) is 4.88 Å². The second-order valence-electron chi connectivity index (χ2n) is 4.30. The summed E-state index contributed by atoms with van der Waals surface area (Å²) >= 11 is 1.71. The van der Waals surface area contributed by atoms with Crippen molar-refractivity contribution in [3.8, 4) is 0 Å². The Morgan fingerprint density at radius 1 is 1.32 bits per heavy atom. The van der Waals surface area contributed by atoms with Crippen molar-refractivity contribution in [3.63, 3.8) is 0 Å². The molecule has 0 aliphatic carbocycles. The van der Waals surface area contributed by atoms with Gasteiger partial charge < -0.3 is 16.0 Å². The third-order valence-electron chi connectivity index (χ3n) is 2.78. The number of benzene rings is 1.